The van der Waals surface area contributed by atoms with Crippen LogP contribution in [0.4, 0.5) is 0 Å². The van der Waals surface area contributed by atoms with Gasteiger partial charge >= 0.3 is 5.97 Å². The molecule has 0 aromatic rings. The van der Waals surface area contributed by atoms with Gasteiger partial charge in [0.2, 0.25) is 0 Å². The highest BCUT2D eigenvalue weighted by Gasteiger charge is 2.32. The molecule has 100 valence electrons. The summed E-state index contributed by atoms with van der Waals surface area (Å²) >= 11 is 0. The molecule has 0 aromatic carbocycles. The molecule has 1 saturated carbocycles. The summed E-state index contributed by atoms with van der Waals surface area (Å²) in [4.78, 5) is 13.9. The molecule has 1 aliphatic carbocycles. The third-order valence-corrected chi connectivity index (χ3v) is 3.85. The summed E-state index contributed by atoms with van der Waals surface area (Å²) in [6.07, 6.45) is 3.41. The molecule has 1 fully saturated rings. The van der Waals surface area contributed by atoms with E-state index in [2.05, 4.69) is 38.0 Å². The fourth-order valence-corrected chi connectivity index (χ4v) is 1.66. The van der Waals surface area contributed by atoms with Crippen molar-refractivity contribution in [2.24, 2.45) is 0 Å². The van der Waals surface area contributed by atoms with Crippen LogP contribution in [-0.4, -0.2) is 49.2 Å². The van der Waals surface area contributed by atoms with Gasteiger partial charge in [0.25, 0.3) is 0 Å². The molecule has 0 aliphatic heterocycles. The van der Waals surface area contributed by atoms with E-state index in [0.717, 1.165) is 6.42 Å². The highest BCUT2D eigenvalue weighted by molar-refractivity contribution is 5.76. The fraction of sp³-hybridized carbons (Fsp3) is 0.923. The van der Waals surface area contributed by atoms with Crippen LogP contribution in [0.15, 0.2) is 0 Å². The van der Waals surface area contributed by atoms with Gasteiger partial charge in [-0.1, -0.05) is 6.92 Å². The molecular weight excluding hydrogens is 216 g/mol. The zero-order valence-corrected chi connectivity index (χ0v) is 11.7. The van der Waals surface area contributed by atoms with Gasteiger partial charge in [0.15, 0.2) is 0 Å². The van der Waals surface area contributed by atoms with Gasteiger partial charge in [-0.3, -0.25) is 9.69 Å². The average Bonchev–Trinajstić information content (AvgIpc) is 3.10. The second kappa shape index (κ2) is 5.83. The highest BCUT2D eigenvalue weighted by Crippen LogP contribution is 2.21. The van der Waals surface area contributed by atoms with E-state index in [1.807, 2.05) is 0 Å². The average molecular weight is 242 g/mol. The van der Waals surface area contributed by atoms with E-state index in [0.29, 0.717) is 12.6 Å². The zero-order valence-electron chi connectivity index (χ0n) is 11.7. The standard InChI is InChI=1S/C13H26N2O2/c1-6-13(2,3)15(4)9-11(12(16)17-5)14-10-7-8-10/h10-11,14H,6-9H2,1-5H3. The maximum atomic E-state index is 11.7. The van der Waals surface area contributed by atoms with Gasteiger partial charge in [0, 0.05) is 18.1 Å². The fourth-order valence-electron chi connectivity index (χ4n) is 1.66. The number of likely N-dealkylation sites (N-methyl/N-ethyl adjacent to an activating group) is 1. The number of nitrogens with zero attached hydrogens (tertiary/aromatic N) is 1. The van der Waals surface area contributed by atoms with E-state index in [-0.39, 0.29) is 17.6 Å². The normalized spacial score (nSPS) is 18.2. The molecule has 4 heteroatoms. The largest absolute Gasteiger partial charge is 0.468 e. The smallest absolute Gasteiger partial charge is 0.324 e. The monoisotopic (exact) mass is 242 g/mol. The molecule has 1 atom stereocenters. The van der Waals surface area contributed by atoms with Crippen LogP contribution in [0, 0.1) is 0 Å². The second-order valence-corrected chi connectivity index (χ2v) is 5.56. The van der Waals surface area contributed by atoms with E-state index >= 15 is 0 Å². The van der Waals surface area contributed by atoms with Crippen molar-refractivity contribution in [3.63, 3.8) is 0 Å². The minimum Gasteiger partial charge on any atom is -0.468 e. The lowest BCUT2D eigenvalue weighted by atomic mass is 9.99. The van der Waals surface area contributed by atoms with Crippen LogP contribution in [0.3, 0.4) is 0 Å². The van der Waals surface area contributed by atoms with E-state index in [1.165, 1.54) is 20.0 Å². The Hall–Kier alpha value is -0.610. The van der Waals surface area contributed by atoms with Crippen LogP contribution in [0.2, 0.25) is 0 Å². The number of esters is 1. The molecule has 0 heterocycles. The van der Waals surface area contributed by atoms with Gasteiger partial charge < -0.3 is 10.1 Å². The zero-order chi connectivity index (χ0) is 13.1. The van der Waals surface area contributed by atoms with Crippen molar-refractivity contribution in [3.05, 3.63) is 0 Å². The summed E-state index contributed by atoms with van der Waals surface area (Å²) in [7, 11) is 3.52. The minimum atomic E-state index is -0.205. The lowest BCUT2D eigenvalue weighted by molar-refractivity contribution is -0.144. The summed E-state index contributed by atoms with van der Waals surface area (Å²) in [5.74, 6) is -0.157. The first-order chi connectivity index (χ1) is 7.90. The minimum absolute atomic E-state index is 0.109. The van der Waals surface area contributed by atoms with Gasteiger partial charge in [-0.15, -0.1) is 0 Å². The maximum Gasteiger partial charge on any atom is 0.324 e. The van der Waals surface area contributed by atoms with Crippen molar-refractivity contribution < 1.29 is 9.53 Å². The molecule has 1 rings (SSSR count). The lowest BCUT2D eigenvalue weighted by Gasteiger charge is -2.36. The summed E-state index contributed by atoms with van der Waals surface area (Å²) in [5, 5.41) is 3.35. The van der Waals surface area contributed by atoms with E-state index in [9.17, 15) is 4.79 Å². The van der Waals surface area contributed by atoms with Crippen LogP contribution in [0.25, 0.3) is 0 Å². The van der Waals surface area contributed by atoms with Gasteiger partial charge in [-0.05, 0) is 40.2 Å². The first-order valence-corrected chi connectivity index (χ1v) is 6.45. The molecule has 0 bridgehead atoms. The predicted octanol–water partition coefficient (Wildman–Crippen LogP) is 1.40. The third-order valence-electron chi connectivity index (χ3n) is 3.85. The van der Waals surface area contributed by atoms with Crippen LogP contribution < -0.4 is 5.32 Å². The number of hydrogen-bond acceptors (Lipinski definition) is 4. The number of ether oxygens (including phenoxy) is 1. The van der Waals surface area contributed by atoms with E-state index < -0.39 is 0 Å². The quantitative estimate of drug-likeness (QED) is 0.685. The Morgan fingerprint density at radius 2 is 2.12 bits per heavy atom. The summed E-state index contributed by atoms with van der Waals surface area (Å²) in [6, 6.07) is 0.306. The molecule has 4 nitrogen and oxygen atoms in total. The molecule has 17 heavy (non-hydrogen) atoms. The molecule has 0 amide bonds. The molecule has 1 unspecified atom stereocenters. The maximum absolute atomic E-state index is 11.7. The number of nitrogens with one attached hydrogen (secondary N) is 1. The Labute approximate surface area is 105 Å². The van der Waals surface area contributed by atoms with Crippen LogP contribution in [0.1, 0.15) is 40.0 Å². The Kier molecular flexibility index (Phi) is 4.95. The molecule has 0 radical (unpaired) electrons. The Balaban J connectivity index is 2.55. The number of methoxy groups -OCH3 is 1. The molecule has 0 spiro atoms. The van der Waals surface area contributed by atoms with Crippen molar-refractivity contribution in [1.82, 2.24) is 10.2 Å². The van der Waals surface area contributed by atoms with Crippen molar-refractivity contribution in [3.8, 4) is 0 Å². The molecule has 0 aromatic heterocycles. The Morgan fingerprint density at radius 1 is 1.53 bits per heavy atom. The van der Waals surface area contributed by atoms with E-state index in [4.69, 9.17) is 4.74 Å². The number of rotatable bonds is 7. The van der Waals surface area contributed by atoms with Crippen LogP contribution in [-0.2, 0) is 9.53 Å². The Morgan fingerprint density at radius 3 is 2.53 bits per heavy atom. The van der Waals surface area contributed by atoms with Gasteiger partial charge in [-0.25, -0.2) is 0 Å². The first-order valence-electron chi connectivity index (χ1n) is 6.45. The highest BCUT2D eigenvalue weighted by atomic mass is 16.5. The van der Waals surface area contributed by atoms with Gasteiger partial charge in [0.1, 0.15) is 6.04 Å². The molecular formula is C13H26N2O2. The first kappa shape index (κ1) is 14.5. The topological polar surface area (TPSA) is 41.6 Å². The molecule has 1 N–H and O–H groups in total. The van der Waals surface area contributed by atoms with Gasteiger partial charge in [0.05, 0.1) is 7.11 Å². The van der Waals surface area contributed by atoms with Crippen molar-refractivity contribution in [1.29, 1.82) is 0 Å². The van der Waals surface area contributed by atoms with Crippen LogP contribution in [0.5, 0.6) is 0 Å². The number of carbonyl (C=O) groups excluding carboxylic acids is 1. The third kappa shape index (κ3) is 4.28. The summed E-state index contributed by atoms with van der Waals surface area (Å²) in [6.45, 7) is 7.25. The lowest BCUT2D eigenvalue weighted by Crippen LogP contribution is -2.52. The predicted molar refractivity (Wildman–Crippen MR) is 69.0 cm³/mol. The summed E-state index contributed by atoms with van der Waals surface area (Å²) in [5.41, 5.74) is 0.109. The van der Waals surface area contributed by atoms with Crippen molar-refractivity contribution in [2.45, 2.75) is 57.7 Å². The van der Waals surface area contributed by atoms with Gasteiger partial charge in [-0.2, -0.15) is 0 Å². The SMILES string of the molecule is CCC(C)(C)N(C)CC(NC1CC1)C(=O)OC. The van der Waals surface area contributed by atoms with Crippen molar-refractivity contribution in [2.75, 3.05) is 20.7 Å². The molecule has 0 saturated heterocycles. The van der Waals surface area contributed by atoms with Crippen molar-refractivity contribution >= 4 is 5.97 Å². The van der Waals surface area contributed by atoms with Crippen LogP contribution >= 0.6 is 0 Å². The summed E-state index contributed by atoms with van der Waals surface area (Å²) < 4.78 is 4.86. The Bertz CT molecular complexity index is 262. The van der Waals surface area contributed by atoms with E-state index in [1.54, 1.807) is 0 Å². The second-order valence-electron chi connectivity index (χ2n) is 5.56. The number of carbonyl (C=O) groups is 1. The number of hydrogen-bond donors (Lipinski definition) is 1. The molecule has 1 aliphatic rings.